The van der Waals surface area contributed by atoms with E-state index in [4.69, 9.17) is 0 Å². The molecule has 0 spiro atoms. The molecule has 0 unspecified atom stereocenters. The Morgan fingerprint density at radius 1 is 1.07 bits per heavy atom. The summed E-state index contributed by atoms with van der Waals surface area (Å²) in [5, 5.41) is 0. The van der Waals surface area contributed by atoms with Gasteiger partial charge in [0.1, 0.15) is 0 Å². The molecule has 15 heavy (non-hydrogen) atoms. The third kappa shape index (κ3) is 2.90. The lowest BCUT2D eigenvalue weighted by Gasteiger charge is -2.23. The minimum absolute atomic E-state index is 1.10. The van der Waals surface area contributed by atoms with Gasteiger partial charge in [-0.25, -0.2) is 0 Å². The smallest absolute Gasteiger partial charge is 0.0629 e. The van der Waals surface area contributed by atoms with Gasteiger partial charge in [-0.2, -0.15) is 0 Å². The topological polar surface area (TPSA) is 15.6 Å². The first-order valence-electron chi connectivity index (χ1n) is 5.56. The fourth-order valence-electron chi connectivity index (χ4n) is 1.79. The molecule has 1 heterocycles. The Labute approximate surface area is 91.6 Å². The molecular formula is C13H18N2. The lowest BCUT2D eigenvalue weighted by molar-refractivity contribution is 0.336. The van der Waals surface area contributed by atoms with Crippen LogP contribution in [0.1, 0.15) is 18.4 Å². The Kier molecular flexibility index (Phi) is 3.17. The van der Waals surface area contributed by atoms with Crippen LogP contribution in [0.2, 0.25) is 0 Å². The van der Waals surface area contributed by atoms with Gasteiger partial charge in [-0.05, 0) is 38.9 Å². The third-order valence-corrected chi connectivity index (χ3v) is 2.89. The third-order valence-electron chi connectivity index (χ3n) is 2.89. The summed E-state index contributed by atoms with van der Waals surface area (Å²) in [5.74, 6) is 0. The molecule has 0 atom stereocenters. The molecule has 80 valence electrons. The van der Waals surface area contributed by atoms with Crippen molar-refractivity contribution in [3.05, 3.63) is 29.8 Å². The van der Waals surface area contributed by atoms with Crippen molar-refractivity contribution in [1.82, 2.24) is 4.90 Å². The second-order valence-electron chi connectivity index (χ2n) is 4.32. The number of piperidine rings is 1. The van der Waals surface area contributed by atoms with E-state index in [-0.39, 0.29) is 0 Å². The minimum Gasteiger partial charge on any atom is -0.306 e. The van der Waals surface area contributed by atoms with E-state index >= 15 is 0 Å². The van der Waals surface area contributed by atoms with Gasteiger partial charge in [-0.15, -0.1) is 0 Å². The van der Waals surface area contributed by atoms with E-state index < -0.39 is 0 Å². The van der Waals surface area contributed by atoms with E-state index in [1.807, 2.05) is 0 Å². The predicted octanol–water partition coefficient (Wildman–Crippen LogP) is 2.79. The van der Waals surface area contributed by atoms with E-state index in [1.165, 1.54) is 11.3 Å². The van der Waals surface area contributed by atoms with Crippen molar-refractivity contribution in [2.75, 3.05) is 20.1 Å². The molecule has 0 radical (unpaired) electrons. The first kappa shape index (κ1) is 10.4. The standard InChI is InChI=1S/C13H18N2/c1-11-3-5-12(6-4-11)14-13-7-9-15(2)10-8-13/h3-6H,7-10H2,1-2H3. The molecule has 1 aromatic rings. The zero-order valence-corrected chi connectivity index (χ0v) is 9.53. The Balaban J connectivity index is 2.06. The zero-order valence-electron chi connectivity index (χ0n) is 9.53. The van der Waals surface area contributed by atoms with Crippen LogP contribution in [0.3, 0.4) is 0 Å². The van der Waals surface area contributed by atoms with Crippen molar-refractivity contribution in [1.29, 1.82) is 0 Å². The number of nitrogens with zero attached hydrogens (tertiary/aromatic N) is 2. The molecule has 0 N–H and O–H groups in total. The summed E-state index contributed by atoms with van der Waals surface area (Å²) < 4.78 is 0. The van der Waals surface area contributed by atoms with Crippen LogP contribution in [0.4, 0.5) is 5.69 Å². The average Bonchev–Trinajstić information content (AvgIpc) is 2.25. The van der Waals surface area contributed by atoms with Gasteiger partial charge in [-0.1, -0.05) is 17.7 Å². The lowest BCUT2D eigenvalue weighted by atomic mass is 10.1. The van der Waals surface area contributed by atoms with Gasteiger partial charge in [0.05, 0.1) is 5.69 Å². The van der Waals surface area contributed by atoms with Gasteiger partial charge in [0.15, 0.2) is 0 Å². The van der Waals surface area contributed by atoms with Gasteiger partial charge >= 0.3 is 0 Å². The van der Waals surface area contributed by atoms with Crippen molar-refractivity contribution in [2.24, 2.45) is 4.99 Å². The van der Waals surface area contributed by atoms with Crippen molar-refractivity contribution in [2.45, 2.75) is 19.8 Å². The molecule has 2 rings (SSSR count). The molecule has 2 nitrogen and oxygen atoms in total. The fourth-order valence-corrected chi connectivity index (χ4v) is 1.79. The first-order valence-corrected chi connectivity index (χ1v) is 5.56. The molecule has 1 aliphatic heterocycles. The Morgan fingerprint density at radius 2 is 1.67 bits per heavy atom. The summed E-state index contributed by atoms with van der Waals surface area (Å²) in [7, 11) is 2.17. The number of aliphatic imine (C=N–C) groups is 1. The molecule has 1 aromatic carbocycles. The molecule has 0 aliphatic carbocycles. The molecule has 0 bridgehead atoms. The maximum Gasteiger partial charge on any atom is 0.0629 e. The number of hydrogen-bond donors (Lipinski definition) is 0. The van der Waals surface area contributed by atoms with Crippen molar-refractivity contribution in [3.8, 4) is 0 Å². The summed E-state index contributed by atoms with van der Waals surface area (Å²) in [6.07, 6.45) is 2.23. The fraction of sp³-hybridized carbons (Fsp3) is 0.462. The van der Waals surface area contributed by atoms with E-state index in [0.29, 0.717) is 0 Å². The van der Waals surface area contributed by atoms with Gasteiger partial charge < -0.3 is 4.90 Å². The first-order chi connectivity index (χ1) is 7.24. The average molecular weight is 202 g/mol. The largest absolute Gasteiger partial charge is 0.306 e. The molecule has 1 aliphatic rings. The van der Waals surface area contributed by atoms with Crippen LogP contribution in [0.15, 0.2) is 29.3 Å². The van der Waals surface area contributed by atoms with Gasteiger partial charge in [0.25, 0.3) is 0 Å². The number of likely N-dealkylation sites (tertiary alicyclic amines) is 1. The zero-order chi connectivity index (χ0) is 10.7. The summed E-state index contributed by atoms with van der Waals surface area (Å²) in [6, 6.07) is 8.43. The molecule has 0 saturated carbocycles. The molecule has 2 heteroatoms. The van der Waals surface area contributed by atoms with Crippen molar-refractivity contribution in [3.63, 3.8) is 0 Å². The molecule has 1 saturated heterocycles. The predicted molar refractivity (Wildman–Crippen MR) is 65.0 cm³/mol. The SMILES string of the molecule is Cc1ccc(N=C2CCN(C)CC2)cc1. The second kappa shape index (κ2) is 4.58. The summed E-state index contributed by atoms with van der Waals surface area (Å²) in [6.45, 7) is 4.39. The van der Waals surface area contributed by atoms with Gasteiger partial charge in [0.2, 0.25) is 0 Å². The summed E-state index contributed by atoms with van der Waals surface area (Å²) in [5.41, 5.74) is 3.74. The van der Waals surface area contributed by atoms with E-state index in [1.54, 1.807) is 0 Å². The molecule has 0 aromatic heterocycles. The highest BCUT2D eigenvalue weighted by atomic mass is 15.1. The Hall–Kier alpha value is -1.15. The van der Waals surface area contributed by atoms with Crippen LogP contribution in [0.5, 0.6) is 0 Å². The van der Waals surface area contributed by atoms with Crippen molar-refractivity contribution < 1.29 is 0 Å². The maximum atomic E-state index is 4.68. The normalized spacial score (nSPS) is 17.9. The summed E-state index contributed by atoms with van der Waals surface area (Å²) >= 11 is 0. The van der Waals surface area contributed by atoms with Gasteiger partial charge in [-0.3, -0.25) is 4.99 Å². The molecule has 0 amide bonds. The van der Waals surface area contributed by atoms with Crippen LogP contribution >= 0.6 is 0 Å². The maximum absolute atomic E-state index is 4.68. The molecule has 1 fully saturated rings. The molecular weight excluding hydrogens is 184 g/mol. The highest BCUT2D eigenvalue weighted by molar-refractivity contribution is 5.87. The van der Waals surface area contributed by atoms with Gasteiger partial charge in [0, 0.05) is 18.8 Å². The monoisotopic (exact) mass is 202 g/mol. The lowest BCUT2D eigenvalue weighted by Crippen LogP contribution is -2.30. The van der Waals surface area contributed by atoms with Crippen LogP contribution in [0.25, 0.3) is 0 Å². The van der Waals surface area contributed by atoms with E-state index in [0.717, 1.165) is 31.6 Å². The number of benzene rings is 1. The number of aryl methyl sites for hydroxylation is 1. The van der Waals surface area contributed by atoms with E-state index in [2.05, 4.69) is 48.1 Å². The van der Waals surface area contributed by atoms with E-state index in [9.17, 15) is 0 Å². The van der Waals surface area contributed by atoms with Crippen molar-refractivity contribution >= 4 is 11.4 Å². The minimum atomic E-state index is 1.10. The Bertz CT molecular complexity index is 341. The second-order valence-corrected chi connectivity index (χ2v) is 4.32. The summed E-state index contributed by atoms with van der Waals surface area (Å²) in [4.78, 5) is 7.04. The number of hydrogen-bond acceptors (Lipinski definition) is 2. The highest BCUT2D eigenvalue weighted by Gasteiger charge is 2.10. The van der Waals surface area contributed by atoms with Crippen LogP contribution in [-0.4, -0.2) is 30.7 Å². The van der Waals surface area contributed by atoms with Crippen LogP contribution < -0.4 is 0 Å². The highest BCUT2D eigenvalue weighted by Crippen LogP contribution is 2.16. The number of rotatable bonds is 1. The van der Waals surface area contributed by atoms with Crippen LogP contribution in [0, 0.1) is 6.92 Å². The quantitative estimate of drug-likeness (QED) is 0.683. The van der Waals surface area contributed by atoms with Crippen LogP contribution in [-0.2, 0) is 0 Å². The Morgan fingerprint density at radius 3 is 2.27 bits per heavy atom.